The summed E-state index contributed by atoms with van der Waals surface area (Å²) in [6, 6.07) is 11.3. The maximum Gasteiger partial charge on any atom is 0.00388 e. The van der Waals surface area contributed by atoms with Gasteiger partial charge in [0.2, 0.25) is 0 Å². The topological polar surface area (TPSA) is 26.0 Å². The maximum absolute atomic E-state index is 5.63. The predicted molar refractivity (Wildman–Crippen MR) is 122 cm³/mol. The number of allylic oxidation sites excluding steroid dienone is 2. The molecule has 0 saturated heterocycles. The highest BCUT2D eigenvalue weighted by atomic mass is 32.1. The molecule has 1 saturated carbocycles. The van der Waals surface area contributed by atoms with E-state index in [4.69, 9.17) is 18.0 Å². The van der Waals surface area contributed by atoms with E-state index in [0.29, 0.717) is 6.04 Å². The minimum atomic E-state index is 0.199. The second-order valence-electron chi connectivity index (χ2n) is 7.72. The molecule has 2 N–H and O–H groups in total. The molecule has 1 atom stereocenters. The Balaban J connectivity index is 0.000000313. The van der Waals surface area contributed by atoms with Gasteiger partial charge in [-0.05, 0) is 48.6 Å². The molecule has 146 valence electrons. The van der Waals surface area contributed by atoms with Gasteiger partial charge in [0, 0.05) is 11.5 Å². The van der Waals surface area contributed by atoms with Gasteiger partial charge in [0.05, 0.1) is 0 Å². The number of hydrogen-bond acceptors (Lipinski definition) is 2. The maximum atomic E-state index is 5.63. The minimum absolute atomic E-state index is 0.199. The zero-order valence-electron chi connectivity index (χ0n) is 17.4. The zero-order valence-corrected chi connectivity index (χ0v) is 18.2. The highest BCUT2D eigenvalue weighted by Gasteiger charge is 2.32. The molecule has 0 bridgehead atoms. The van der Waals surface area contributed by atoms with Crippen LogP contribution < -0.4 is 5.73 Å². The molecule has 2 heteroatoms. The van der Waals surface area contributed by atoms with Gasteiger partial charge in [0.15, 0.2) is 0 Å². The number of rotatable bonds is 4. The van der Waals surface area contributed by atoms with Crippen LogP contribution in [0.4, 0.5) is 0 Å². The molecule has 1 aromatic carbocycles. The van der Waals surface area contributed by atoms with Crippen LogP contribution in [0.3, 0.4) is 0 Å². The number of benzene rings is 1. The third kappa shape index (κ3) is 7.32. The average molecular weight is 374 g/mol. The normalized spacial score (nSPS) is 22.8. The Morgan fingerprint density at radius 2 is 1.69 bits per heavy atom. The molecule has 1 nitrogen and oxygen atoms in total. The Morgan fingerprint density at radius 1 is 1.08 bits per heavy atom. The van der Waals surface area contributed by atoms with E-state index in [1.807, 2.05) is 19.2 Å². The molecule has 0 aliphatic heterocycles. The summed E-state index contributed by atoms with van der Waals surface area (Å²) in [6.07, 6.45) is 11.3. The quantitative estimate of drug-likeness (QED) is 0.558. The highest BCUT2D eigenvalue weighted by Crippen LogP contribution is 2.46. The zero-order chi connectivity index (χ0) is 19.4. The van der Waals surface area contributed by atoms with Crippen molar-refractivity contribution >= 4 is 23.2 Å². The number of nitrogens with two attached hydrogens (primary N) is 1. The minimum Gasteiger partial charge on any atom is -0.328 e. The summed E-state index contributed by atoms with van der Waals surface area (Å²) in [5, 5.41) is 1.97. The van der Waals surface area contributed by atoms with Crippen molar-refractivity contribution in [2.45, 2.75) is 91.5 Å². The molecular weight excluding hydrogens is 334 g/mol. The molecule has 1 aromatic rings. The summed E-state index contributed by atoms with van der Waals surface area (Å²) in [7, 11) is 0. The predicted octanol–water partition coefficient (Wildman–Crippen LogP) is 7.34. The van der Waals surface area contributed by atoms with Crippen LogP contribution >= 0.6 is 12.2 Å². The van der Waals surface area contributed by atoms with Crippen molar-refractivity contribution in [1.82, 2.24) is 0 Å². The fraction of sp³-hybridized carbons (Fsp3) is 0.625. The van der Waals surface area contributed by atoms with Gasteiger partial charge in [-0.2, -0.15) is 0 Å². The molecular formula is C24H39NS. The van der Waals surface area contributed by atoms with Gasteiger partial charge < -0.3 is 5.73 Å². The van der Waals surface area contributed by atoms with E-state index in [0.717, 1.165) is 12.8 Å². The molecule has 26 heavy (non-hydrogen) atoms. The summed E-state index contributed by atoms with van der Waals surface area (Å²) >= 11 is 5.21. The number of hydrogen-bond donors (Lipinski definition) is 1. The van der Waals surface area contributed by atoms with Crippen LogP contribution in [-0.2, 0) is 0 Å². The lowest BCUT2D eigenvalue weighted by Crippen LogP contribution is -2.22. The van der Waals surface area contributed by atoms with Crippen LogP contribution in [0.25, 0.3) is 5.57 Å². The van der Waals surface area contributed by atoms with Crippen LogP contribution in [0.15, 0.2) is 35.9 Å². The van der Waals surface area contributed by atoms with Crippen LogP contribution in [0.2, 0.25) is 0 Å². The SMILES string of the molecule is CC.CCCC1=C(c2ccccc2)CC(C)(C=S)C1.NC1CCCCC1. The first-order valence-corrected chi connectivity index (χ1v) is 11.0. The molecule has 0 amide bonds. The molecule has 0 aromatic heterocycles. The van der Waals surface area contributed by atoms with Gasteiger partial charge >= 0.3 is 0 Å². The molecule has 0 spiro atoms. The highest BCUT2D eigenvalue weighted by molar-refractivity contribution is 7.79. The van der Waals surface area contributed by atoms with Crippen LogP contribution in [0.5, 0.6) is 0 Å². The number of thiocarbonyl (C=S) groups is 1. The summed E-state index contributed by atoms with van der Waals surface area (Å²) < 4.78 is 0. The lowest BCUT2D eigenvalue weighted by Gasteiger charge is -2.17. The first-order chi connectivity index (χ1) is 12.6. The van der Waals surface area contributed by atoms with Crippen LogP contribution in [-0.4, -0.2) is 11.4 Å². The second-order valence-corrected chi connectivity index (χ2v) is 7.96. The van der Waals surface area contributed by atoms with E-state index in [1.54, 1.807) is 5.57 Å². The molecule has 2 aliphatic carbocycles. The fourth-order valence-corrected chi connectivity index (χ4v) is 4.06. The Bertz CT molecular complexity index is 543. The van der Waals surface area contributed by atoms with E-state index < -0.39 is 0 Å². The molecule has 2 aliphatic rings. The molecule has 0 radical (unpaired) electrons. The monoisotopic (exact) mass is 373 g/mol. The standard InChI is InChI=1S/C16H20S.C6H13N.C2H6/c1-3-7-14-10-16(2,12-17)11-15(14)13-8-5-4-6-9-13;7-6-4-2-1-3-5-6;1-2/h4-6,8-9,12H,3,7,10-11H2,1-2H3;6H,1-5,7H2;1-2H3. The van der Waals surface area contributed by atoms with Crippen LogP contribution in [0.1, 0.15) is 91.0 Å². The first kappa shape index (κ1) is 23.0. The summed E-state index contributed by atoms with van der Waals surface area (Å²) in [5.41, 5.74) is 10.4. The molecule has 1 fully saturated rings. The summed E-state index contributed by atoms with van der Waals surface area (Å²) in [6.45, 7) is 8.54. The van der Waals surface area contributed by atoms with Crippen molar-refractivity contribution in [2.24, 2.45) is 11.1 Å². The first-order valence-electron chi connectivity index (χ1n) is 10.6. The van der Waals surface area contributed by atoms with Crippen molar-refractivity contribution in [3.8, 4) is 0 Å². The third-order valence-electron chi connectivity index (χ3n) is 5.23. The van der Waals surface area contributed by atoms with Gasteiger partial charge in [0.25, 0.3) is 0 Å². The van der Waals surface area contributed by atoms with Crippen LogP contribution in [0, 0.1) is 5.41 Å². The lowest BCUT2D eigenvalue weighted by atomic mass is 9.87. The van der Waals surface area contributed by atoms with Gasteiger partial charge in [-0.25, -0.2) is 0 Å². The van der Waals surface area contributed by atoms with E-state index in [-0.39, 0.29) is 5.41 Å². The van der Waals surface area contributed by atoms with Crippen molar-refractivity contribution < 1.29 is 0 Å². The molecule has 3 rings (SSSR count). The van der Waals surface area contributed by atoms with Crippen molar-refractivity contribution in [3.05, 3.63) is 41.5 Å². The Hall–Kier alpha value is -0.990. The van der Waals surface area contributed by atoms with E-state index >= 15 is 0 Å². The average Bonchev–Trinajstić information content (AvgIpc) is 3.03. The Kier molecular flexibility index (Phi) is 11.0. The van der Waals surface area contributed by atoms with Crippen molar-refractivity contribution in [2.75, 3.05) is 0 Å². The van der Waals surface area contributed by atoms with Crippen molar-refractivity contribution in [1.29, 1.82) is 0 Å². The van der Waals surface area contributed by atoms with Gasteiger partial charge in [-0.3, -0.25) is 0 Å². The summed E-state index contributed by atoms with van der Waals surface area (Å²) in [4.78, 5) is 0. The Labute approximate surface area is 167 Å². The summed E-state index contributed by atoms with van der Waals surface area (Å²) in [5.74, 6) is 0. The van der Waals surface area contributed by atoms with E-state index in [1.165, 1.54) is 56.1 Å². The Morgan fingerprint density at radius 3 is 2.15 bits per heavy atom. The van der Waals surface area contributed by atoms with Gasteiger partial charge in [-0.1, -0.05) is 102 Å². The van der Waals surface area contributed by atoms with E-state index in [2.05, 4.69) is 44.2 Å². The smallest absolute Gasteiger partial charge is 0.00388 e. The van der Waals surface area contributed by atoms with Gasteiger partial charge in [-0.15, -0.1) is 0 Å². The third-order valence-corrected chi connectivity index (χ3v) is 5.80. The largest absolute Gasteiger partial charge is 0.328 e. The van der Waals surface area contributed by atoms with E-state index in [9.17, 15) is 0 Å². The van der Waals surface area contributed by atoms with Crippen molar-refractivity contribution in [3.63, 3.8) is 0 Å². The molecule has 0 heterocycles. The van der Waals surface area contributed by atoms with Gasteiger partial charge in [0.1, 0.15) is 0 Å². The lowest BCUT2D eigenvalue weighted by molar-refractivity contribution is 0.441. The fourth-order valence-electron chi connectivity index (χ4n) is 3.89. The second kappa shape index (κ2) is 12.4. The molecule has 1 unspecified atom stereocenters.